The van der Waals surface area contributed by atoms with Crippen LogP contribution in [0.5, 0.6) is 5.75 Å². The number of benzene rings is 1. The smallest absolute Gasteiger partial charge is 0.264 e. The van der Waals surface area contributed by atoms with Gasteiger partial charge in [-0.25, -0.2) is 0 Å². The van der Waals surface area contributed by atoms with Gasteiger partial charge in [-0.3, -0.25) is 4.40 Å². The van der Waals surface area contributed by atoms with Crippen molar-refractivity contribution < 1.29 is 9.26 Å². The Bertz CT molecular complexity index is 900. The lowest BCUT2D eigenvalue weighted by Crippen LogP contribution is -1.95. The maximum absolute atomic E-state index is 5.58. The highest BCUT2D eigenvalue weighted by atomic mass is 16.5. The van der Waals surface area contributed by atoms with E-state index in [-0.39, 0.29) is 6.61 Å². The standard InChI is InChI=1S/C15H11N5O2/c1-2-4-12(5-3-1)21-9-14-17-15(19-22-14)11-6-7-20-10-16-18-13(20)8-11/h1-8,10H,9H2. The molecule has 108 valence electrons. The van der Waals surface area contributed by atoms with Gasteiger partial charge in [-0.2, -0.15) is 4.98 Å². The molecule has 0 unspecified atom stereocenters. The van der Waals surface area contributed by atoms with Gasteiger partial charge in [0.15, 0.2) is 12.3 Å². The molecule has 0 fully saturated rings. The summed E-state index contributed by atoms with van der Waals surface area (Å²) >= 11 is 0. The zero-order valence-corrected chi connectivity index (χ0v) is 11.5. The average Bonchev–Trinajstić information content (AvgIpc) is 3.22. The van der Waals surface area contributed by atoms with Crippen LogP contribution in [0.1, 0.15) is 5.89 Å². The SMILES string of the molecule is c1ccc(OCc2nc(-c3ccn4cnnc4c3)no2)cc1. The molecule has 0 saturated carbocycles. The highest BCUT2D eigenvalue weighted by Gasteiger charge is 2.10. The summed E-state index contributed by atoms with van der Waals surface area (Å²) in [5.74, 6) is 1.67. The number of aromatic nitrogens is 5. The van der Waals surface area contributed by atoms with Crippen molar-refractivity contribution in [3.8, 4) is 17.1 Å². The lowest BCUT2D eigenvalue weighted by molar-refractivity contribution is 0.243. The Balaban J connectivity index is 1.53. The van der Waals surface area contributed by atoms with Crippen molar-refractivity contribution in [1.29, 1.82) is 0 Å². The van der Waals surface area contributed by atoms with Gasteiger partial charge >= 0.3 is 0 Å². The fraction of sp³-hybridized carbons (Fsp3) is 0.0667. The van der Waals surface area contributed by atoms with Crippen LogP contribution in [0.3, 0.4) is 0 Å². The molecule has 22 heavy (non-hydrogen) atoms. The molecule has 7 nitrogen and oxygen atoms in total. The number of hydrogen-bond donors (Lipinski definition) is 0. The Kier molecular flexibility index (Phi) is 3.01. The van der Waals surface area contributed by atoms with E-state index in [9.17, 15) is 0 Å². The number of nitrogens with zero attached hydrogens (tertiary/aromatic N) is 5. The summed E-state index contributed by atoms with van der Waals surface area (Å²) in [5, 5.41) is 11.8. The maximum atomic E-state index is 5.58. The highest BCUT2D eigenvalue weighted by molar-refractivity contribution is 5.60. The van der Waals surface area contributed by atoms with Gasteiger partial charge in [0, 0.05) is 11.8 Å². The summed E-state index contributed by atoms with van der Waals surface area (Å²) in [6.45, 7) is 0.226. The first-order valence-corrected chi connectivity index (χ1v) is 6.69. The molecular weight excluding hydrogens is 282 g/mol. The van der Waals surface area contributed by atoms with E-state index >= 15 is 0 Å². The van der Waals surface area contributed by atoms with Crippen molar-refractivity contribution in [2.24, 2.45) is 0 Å². The third kappa shape index (κ3) is 2.39. The van der Waals surface area contributed by atoms with Crippen LogP contribution in [-0.2, 0) is 6.61 Å². The summed E-state index contributed by atoms with van der Waals surface area (Å²) in [5.41, 5.74) is 1.54. The van der Waals surface area contributed by atoms with Crippen LogP contribution in [0.25, 0.3) is 17.0 Å². The second kappa shape index (κ2) is 5.28. The van der Waals surface area contributed by atoms with E-state index in [0.29, 0.717) is 11.7 Å². The predicted molar refractivity (Wildman–Crippen MR) is 77.1 cm³/mol. The number of pyridine rings is 1. The topological polar surface area (TPSA) is 78.3 Å². The van der Waals surface area contributed by atoms with E-state index in [1.54, 1.807) is 6.33 Å². The molecule has 3 heterocycles. The Labute approximate surface area is 125 Å². The minimum absolute atomic E-state index is 0.226. The molecule has 3 aromatic heterocycles. The quantitative estimate of drug-likeness (QED) is 0.574. The van der Waals surface area contributed by atoms with Crippen LogP contribution in [-0.4, -0.2) is 24.7 Å². The molecular formula is C15H11N5O2. The second-order valence-electron chi connectivity index (χ2n) is 4.63. The lowest BCUT2D eigenvalue weighted by Gasteiger charge is -2.01. The third-order valence-electron chi connectivity index (χ3n) is 3.13. The van der Waals surface area contributed by atoms with Crippen molar-refractivity contribution in [1.82, 2.24) is 24.7 Å². The zero-order valence-electron chi connectivity index (χ0n) is 11.5. The van der Waals surface area contributed by atoms with Crippen LogP contribution in [0.4, 0.5) is 0 Å². The van der Waals surface area contributed by atoms with Crippen molar-refractivity contribution in [3.05, 3.63) is 60.9 Å². The first kappa shape index (κ1) is 12.5. The first-order valence-electron chi connectivity index (χ1n) is 6.69. The maximum Gasteiger partial charge on any atom is 0.264 e. The number of ether oxygens (including phenoxy) is 1. The summed E-state index contributed by atoms with van der Waals surface area (Å²) < 4.78 is 12.6. The molecule has 7 heteroatoms. The molecule has 0 saturated heterocycles. The van der Waals surface area contributed by atoms with Crippen molar-refractivity contribution in [3.63, 3.8) is 0 Å². The van der Waals surface area contributed by atoms with Crippen LogP contribution in [0, 0.1) is 0 Å². The second-order valence-corrected chi connectivity index (χ2v) is 4.63. The molecule has 4 aromatic rings. The van der Waals surface area contributed by atoms with Crippen LogP contribution in [0.2, 0.25) is 0 Å². The van der Waals surface area contributed by atoms with Gasteiger partial charge in [0.25, 0.3) is 5.89 Å². The molecule has 0 radical (unpaired) electrons. The van der Waals surface area contributed by atoms with E-state index in [0.717, 1.165) is 17.0 Å². The molecule has 0 N–H and O–H groups in total. The van der Waals surface area contributed by atoms with E-state index in [4.69, 9.17) is 9.26 Å². The highest BCUT2D eigenvalue weighted by Crippen LogP contribution is 2.18. The largest absolute Gasteiger partial charge is 0.484 e. The van der Waals surface area contributed by atoms with E-state index in [1.807, 2.05) is 53.1 Å². The summed E-state index contributed by atoms with van der Waals surface area (Å²) in [6, 6.07) is 13.2. The van der Waals surface area contributed by atoms with Crippen molar-refractivity contribution in [2.45, 2.75) is 6.61 Å². The molecule has 0 aliphatic carbocycles. The molecule has 0 spiro atoms. The monoisotopic (exact) mass is 293 g/mol. The summed E-state index contributed by atoms with van der Waals surface area (Å²) in [7, 11) is 0. The Hall–Kier alpha value is -3.22. The molecule has 0 aliphatic rings. The average molecular weight is 293 g/mol. The van der Waals surface area contributed by atoms with Gasteiger partial charge in [0.1, 0.15) is 12.1 Å². The first-order chi connectivity index (χ1) is 10.9. The van der Waals surface area contributed by atoms with E-state index < -0.39 is 0 Å². The van der Waals surface area contributed by atoms with Crippen molar-refractivity contribution >= 4 is 5.65 Å². The van der Waals surface area contributed by atoms with Gasteiger partial charge in [-0.05, 0) is 24.3 Å². The molecule has 0 bridgehead atoms. The molecule has 1 aromatic carbocycles. The number of rotatable bonds is 4. The Morgan fingerprint density at radius 3 is 2.95 bits per heavy atom. The fourth-order valence-corrected chi connectivity index (χ4v) is 2.05. The zero-order chi connectivity index (χ0) is 14.8. The fourth-order valence-electron chi connectivity index (χ4n) is 2.05. The Morgan fingerprint density at radius 2 is 2.05 bits per heavy atom. The Morgan fingerprint density at radius 1 is 1.14 bits per heavy atom. The summed E-state index contributed by atoms with van der Waals surface area (Å²) in [6.07, 6.45) is 3.48. The summed E-state index contributed by atoms with van der Waals surface area (Å²) in [4.78, 5) is 4.33. The number of hydrogen-bond acceptors (Lipinski definition) is 6. The van der Waals surface area contributed by atoms with Gasteiger partial charge < -0.3 is 9.26 Å². The predicted octanol–water partition coefficient (Wildman–Crippen LogP) is 2.36. The van der Waals surface area contributed by atoms with Gasteiger partial charge in [-0.15, -0.1) is 10.2 Å². The van der Waals surface area contributed by atoms with Gasteiger partial charge in [-0.1, -0.05) is 23.4 Å². The molecule has 0 atom stereocenters. The lowest BCUT2D eigenvalue weighted by atomic mass is 10.2. The molecule has 0 amide bonds. The van der Waals surface area contributed by atoms with Gasteiger partial charge in [0.05, 0.1) is 0 Å². The van der Waals surface area contributed by atoms with Crippen molar-refractivity contribution in [2.75, 3.05) is 0 Å². The van der Waals surface area contributed by atoms with Crippen LogP contribution >= 0.6 is 0 Å². The van der Waals surface area contributed by atoms with E-state index in [1.165, 1.54) is 0 Å². The van der Waals surface area contributed by atoms with Gasteiger partial charge in [0.2, 0.25) is 5.82 Å². The number of para-hydroxylation sites is 1. The van der Waals surface area contributed by atoms with E-state index in [2.05, 4.69) is 20.3 Å². The minimum atomic E-state index is 0.226. The van der Waals surface area contributed by atoms with Crippen LogP contribution in [0.15, 0.2) is 59.5 Å². The third-order valence-corrected chi connectivity index (χ3v) is 3.13. The van der Waals surface area contributed by atoms with Crippen LogP contribution < -0.4 is 4.74 Å². The number of fused-ring (bicyclic) bond motifs is 1. The molecule has 0 aliphatic heterocycles. The molecule has 4 rings (SSSR count). The minimum Gasteiger partial charge on any atom is -0.484 e. The normalized spacial score (nSPS) is 10.9.